The summed E-state index contributed by atoms with van der Waals surface area (Å²) in [7, 11) is 0. The van der Waals surface area contributed by atoms with Crippen molar-refractivity contribution >= 4 is 36.0 Å². The van der Waals surface area contributed by atoms with Crippen LogP contribution in [-0.2, 0) is 4.79 Å². The fraction of sp³-hybridized carbons (Fsp3) is 0.350. The Morgan fingerprint density at radius 3 is 2.70 bits per heavy atom. The van der Waals surface area contributed by atoms with Gasteiger partial charge < -0.3 is 10.2 Å². The van der Waals surface area contributed by atoms with Gasteiger partial charge in [-0.05, 0) is 63.3 Å². The lowest BCUT2D eigenvalue weighted by Gasteiger charge is -2.36. The summed E-state index contributed by atoms with van der Waals surface area (Å²) in [6, 6.07) is 4.75. The van der Waals surface area contributed by atoms with E-state index in [4.69, 9.17) is 0 Å². The monoisotopic (exact) mass is 386 g/mol. The van der Waals surface area contributed by atoms with Crippen LogP contribution in [0.1, 0.15) is 25.3 Å². The van der Waals surface area contributed by atoms with Gasteiger partial charge in [0.05, 0.1) is 0 Å². The van der Waals surface area contributed by atoms with Crippen molar-refractivity contribution in [3.63, 3.8) is 0 Å². The second-order valence-electron chi connectivity index (χ2n) is 6.90. The number of nitrogens with zero attached hydrogens (tertiary/aromatic N) is 3. The molecule has 0 aromatic heterocycles. The average molecular weight is 386 g/mol. The number of anilines is 1. The molecule has 1 saturated heterocycles. The fourth-order valence-electron chi connectivity index (χ4n) is 3.33. The number of halogens is 1. The Morgan fingerprint density at radius 1 is 1.37 bits per heavy atom. The van der Waals surface area contributed by atoms with Crippen molar-refractivity contribution in [3.8, 4) is 0 Å². The number of benzene rings is 1. The lowest BCUT2D eigenvalue weighted by Crippen LogP contribution is -2.39. The quantitative estimate of drug-likeness (QED) is 0.773. The molecule has 0 unspecified atom stereocenters. The molecule has 2 aliphatic heterocycles. The molecule has 5 nitrogen and oxygen atoms in total. The molecule has 0 radical (unpaired) electrons. The number of carbonyl (C=O) groups is 1. The van der Waals surface area contributed by atoms with Crippen molar-refractivity contribution in [2.24, 2.45) is 15.3 Å². The number of hydrogen-bond acceptors (Lipinski definition) is 4. The van der Waals surface area contributed by atoms with Crippen LogP contribution in [-0.4, -0.2) is 35.4 Å². The Hall–Kier alpha value is -2.41. The van der Waals surface area contributed by atoms with E-state index < -0.39 is 0 Å². The number of piperidine rings is 1. The van der Waals surface area contributed by atoms with Gasteiger partial charge >= 0.3 is 0 Å². The molecule has 2 heterocycles. The lowest BCUT2D eigenvalue weighted by molar-refractivity contribution is -0.121. The van der Waals surface area contributed by atoms with Crippen molar-refractivity contribution in [1.82, 2.24) is 4.90 Å². The average Bonchev–Trinajstić information content (AvgIpc) is 2.66. The van der Waals surface area contributed by atoms with Gasteiger partial charge in [0.2, 0.25) is 5.91 Å². The largest absolute Gasteiger partial charge is 0.371 e. The molecule has 1 aromatic carbocycles. The van der Waals surface area contributed by atoms with Gasteiger partial charge in [-0.15, -0.1) is 0 Å². The number of amidine groups is 1. The van der Waals surface area contributed by atoms with Crippen molar-refractivity contribution in [2.45, 2.75) is 26.7 Å². The Morgan fingerprint density at radius 2 is 2.07 bits per heavy atom. The van der Waals surface area contributed by atoms with Crippen LogP contribution in [0.5, 0.6) is 0 Å². The summed E-state index contributed by atoms with van der Waals surface area (Å²) in [6.45, 7) is 9.14. The van der Waals surface area contributed by atoms with Crippen LogP contribution in [0.15, 0.2) is 51.5 Å². The summed E-state index contributed by atoms with van der Waals surface area (Å²) < 4.78 is 17.6. The number of carbonyl (C=O) groups excluding carboxylic acids is 1. The maximum atomic E-state index is 13.7. The molecule has 27 heavy (non-hydrogen) atoms. The molecule has 1 aromatic rings. The van der Waals surface area contributed by atoms with Gasteiger partial charge in [-0.3, -0.25) is 4.79 Å². The Kier molecular flexibility index (Phi) is 5.79. The van der Waals surface area contributed by atoms with Crippen molar-refractivity contribution in [1.29, 1.82) is 0 Å². The number of thiol groups is 1. The number of nitrogens with one attached hydrogen (secondary N) is 1. The summed E-state index contributed by atoms with van der Waals surface area (Å²) in [5.41, 5.74) is 3.63. The first-order chi connectivity index (χ1) is 12.9. The van der Waals surface area contributed by atoms with Crippen LogP contribution < -0.4 is 5.32 Å². The highest BCUT2D eigenvalue weighted by atomic mass is 32.1. The number of dihydropyridines is 1. The fourth-order valence-corrected chi connectivity index (χ4v) is 3.49. The zero-order chi connectivity index (χ0) is 19.6. The molecule has 0 aliphatic carbocycles. The van der Waals surface area contributed by atoms with E-state index in [2.05, 4.69) is 39.0 Å². The minimum absolute atomic E-state index is 0.0651. The standard InChI is InChI=1S/C20H23FN4OS/c1-12-4-5-16(11-17(12)21)23-20(26)15-6-8-25(9-7-15)18-10-13(2)22-19(24-27)14(18)3/h4-5,10-11,15,27H,3,6-9H2,1-2H3,(H,23,26)/b24-19+. The predicted molar refractivity (Wildman–Crippen MR) is 111 cm³/mol. The smallest absolute Gasteiger partial charge is 0.227 e. The van der Waals surface area contributed by atoms with Gasteiger partial charge in [0, 0.05) is 41.7 Å². The molecule has 7 heteroatoms. The van der Waals surface area contributed by atoms with E-state index in [1.807, 2.05) is 13.0 Å². The van der Waals surface area contributed by atoms with Crippen molar-refractivity contribution in [2.75, 3.05) is 18.4 Å². The molecule has 0 bridgehead atoms. The number of rotatable bonds is 3. The summed E-state index contributed by atoms with van der Waals surface area (Å²) >= 11 is 3.96. The third-order valence-electron chi connectivity index (χ3n) is 4.95. The molecule has 0 saturated carbocycles. The van der Waals surface area contributed by atoms with Gasteiger partial charge in [0.1, 0.15) is 5.82 Å². The number of aliphatic imine (C=N–C) groups is 1. The van der Waals surface area contributed by atoms with Crippen molar-refractivity contribution < 1.29 is 9.18 Å². The minimum atomic E-state index is -0.316. The number of allylic oxidation sites excluding steroid dienone is 1. The second kappa shape index (κ2) is 8.08. The number of hydrogen-bond donors (Lipinski definition) is 2. The number of likely N-dealkylation sites (tertiary alicyclic amines) is 1. The van der Waals surface area contributed by atoms with Gasteiger partial charge in [-0.2, -0.15) is 4.40 Å². The highest BCUT2D eigenvalue weighted by molar-refractivity contribution is 7.79. The summed E-state index contributed by atoms with van der Waals surface area (Å²) in [4.78, 5) is 19.1. The molecule has 0 spiro atoms. The Labute approximate surface area is 164 Å². The third kappa shape index (κ3) is 4.30. The van der Waals surface area contributed by atoms with E-state index >= 15 is 0 Å². The van der Waals surface area contributed by atoms with Crippen LogP contribution in [0, 0.1) is 18.7 Å². The highest BCUT2D eigenvalue weighted by Crippen LogP contribution is 2.27. The topological polar surface area (TPSA) is 57.1 Å². The number of aryl methyl sites for hydroxylation is 1. The van der Waals surface area contributed by atoms with Gasteiger partial charge in [-0.25, -0.2) is 9.38 Å². The maximum absolute atomic E-state index is 13.7. The van der Waals surface area contributed by atoms with Gasteiger partial charge in [-0.1, -0.05) is 12.6 Å². The maximum Gasteiger partial charge on any atom is 0.227 e. The van der Waals surface area contributed by atoms with Crippen LogP contribution in [0.25, 0.3) is 0 Å². The van der Waals surface area contributed by atoms with Gasteiger partial charge in [0.15, 0.2) is 5.84 Å². The molecule has 1 fully saturated rings. The van der Waals surface area contributed by atoms with E-state index in [1.54, 1.807) is 19.1 Å². The van der Waals surface area contributed by atoms with Crippen LogP contribution in [0.3, 0.4) is 0 Å². The highest BCUT2D eigenvalue weighted by Gasteiger charge is 2.28. The molecule has 2 aliphatic rings. The summed E-state index contributed by atoms with van der Waals surface area (Å²) in [5.74, 6) is 0.0409. The van der Waals surface area contributed by atoms with E-state index in [9.17, 15) is 9.18 Å². The predicted octanol–water partition coefficient (Wildman–Crippen LogP) is 3.94. The van der Waals surface area contributed by atoms with E-state index in [1.165, 1.54) is 6.07 Å². The SMILES string of the molecule is C=C1C(N2CCC(C(=O)Nc3ccc(C)c(F)c3)CC2)=CC(C)=N/C1=N/S. The molecule has 3 rings (SSSR count). The minimum Gasteiger partial charge on any atom is -0.371 e. The summed E-state index contributed by atoms with van der Waals surface area (Å²) in [6.07, 6.45) is 3.42. The van der Waals surface area contributed by atoms with Gasteiger partial charge in [0.25, 0.3) is 0 Å². The normalized spacial score (nSPS) is 19.8. The zero-order valence-electron chi connectivity index (χ0n) is 15.5. The second-order valence-corrected chi connectivity index (χ2v) is 7.10. The first kappa shape index (κ1) is 19.4. The van der Waals surface area contributed by atoms with Crippen LogP contribution in [0.2, 0.25) is 0 Å². The van der Waals surface area contributed by atoms with E-state index in [0.717, 1.165) is 30.1 Å². The molecule has 0 atom stereocenters. The van der Waals surface area contributed by atoms with Crippen LogP contribution >= 0.6 is 12.8 Å². The Bertz CT molecular complexity index is 867. The molecular weight excluding hydrogens is 363 g/mol. The molecule has 142 valence electrons. The first-order valence-electron chi connectivity index (χ1n) is 8.89. The lowest BCUT2D eigenvalue weighted by atomic mass is 9.94. The Balaban J connectivity index is 1.61. The number of amides is 1. The van der Waals surface area contributed by atoms with E-state index in [-0.39, 0.29) is 17.6 Å². The molecule has 1 N–H and O–H groups in total. The van der Waals surface area contributed by atoms with Crippen LogP contribution in [0.4, 0.5) is 10.1 Å². The molecular formula is C20H23FN4OS. The first-order valence-corrected chi connectivity index (χ1v) is 9.29. The molecule has 1 amide bonds. The third-order valence-corrected chi connectivity index (χ3v) is 5.14. The van der Waals surface area contributed by atoms with E-state index in [0.29, 0.717) is 29.9 Å². The summed E-state index contributed by atoms with van der Waals surface area (Å²) in [5, 5.41) is 2.83. The zero-order valence-corrected chi connectivity index (χ0v) is 16.4. The van der Waals surface area contributed by atoms with Crippen molar-refractivity contribution in [3.05, 3.63) is 53.5 Å².